The number of hydrogen-bond donors (Lipinski definition) is 1. The second-order valence-corrected chi connectivity index (χ2v) is 5.40. The number of carbonyl (C=O) groups is 1. The largest absolute Gasteiger partial charge is 0.478 e. The van der Waals surface area contributed by atoms with Crippen LogP contribution in [0.2, 0.25) is 0 Å². The van der Waals surface area contributed by atoms with Gasteiger partial charge in [-0.05, 0) is 43.4 Å². The molecule has 21 heavy (non-hydrogen) atoms. The minimum absolute atomic E-state index is 0.767. The van der Waals surface area contributed by atoms with Crippen LogP contribution in [0.3, 0.4) is 0 Å². The summed E-state index contributed by atoms with van der Waals surface area (Å²) in [6.07, 6.45) is 2.91. The average Bonchev–Trinajstić information content (AvgIpc) is 2.45. The molecule has 2 heteroatoms. The highest BCUT2D eigenvalue weighted by molar-refractivity contribution is 5.80. The lowest BCUT2D eigenvalue weighted by atomic mass is 9.98. The second-order valence-electron chi connectivity index (χ2n) is 5.40. The number of hydrogen-bond acceptors (Lipinski definition) is 1. The van der Waals surface area contributed by atoms with Crippen molar-refractivity contribution in [2.24, 2.45) is 0 Å². The first kappa shape index (κ1) is 15.0. The lowest BCUT2D eigenvalue weighted by Gasteiger charge is -2.07. The molecule has 0 spiro atoms. The molecule has 1 N–H and O–H groups in total. The Labute approximate surface area is 125 Å². The van der Waals surface area contributed by atoms with Crippen molar-refractivity contribution in [2.45, 2.75) is 26.7 Å². The lowest BCUT2D eigenvalue weighted by molar-refractivity contribution is -0.131. The minimum atomic E-state index is -0.874. The van der Waals surface area contributed by atoms with Crippen molar-refractivity contribution >= 4 is 5.97 Å². The second kappa shape index (κ2) is 6.89. The molecule has 2 rings (SSSR count). The van der Waals surface area contributed by atoms with Gasteiger partial charge in [-0.15, -0.1) is 0 Å². The zero-order valence-electron chi connectivity index (χ0n) is 12.5. The molecule has 0 atom stereocenters. The van der Waals surface area contributed by atoms with Crippen molar-refractivity contribution in [3.8, 4) is 11.1 Å². The molecule has 0 bridgehead atoms. The molecule has 0 amide bonds. The van der Waals surface area contributed by atoms with Gasteiger partial charge in [0.25, 0.3) is 0 Å². The van der Waals surface area contributed by atoms with E-state index in [4.69, 9.17) is 5.11 Å². The number of rotatable bonds is 5. The quantitative estimate of drug-likeness (QED) is 0.811. The number of aliphatic carboxylic acids is 1. The predicted octanol–water partition coefficient (Wildman–Crippen LogP) is 4.63. The zero-order valence-corrected chi connectivity index (χ0v) is 12.5. The third-order valence-electron chi connectivity index (χ3n) is 3.46. The Morgan fingerprint density at radius 2 is 1.76 bits per heavy atom. The van der Waals surface area contributed by atoms with Crippen LogP contribution in [0.25, 0.3) is 11.1 Å². The first-order valence-electron chi connectivity index (χ1n) is 7.10. The number of benzene rings is 2. The Balaban J connectivity index is 2.13. The maximum Gasteiger partial charge on any atom is 0.328 e. The average molecular weight is 280 g/mol. The topological polar surface area (TPSA) is 37.3 Å². The van der Waals surface area contributed by atoms with Gasteiger partial charge in [-0.1, -0.05) is 59.7 Å². The molecule has 0 radical (unpaired) electrons. The number of carboxylic acid groups (broad SMARTS) is 1. The van der Waals surface area contributed by atoms with Gasteiger partial charge in [0.15, 0.2) is 0 Å². The van der Waals surface area contributed by atoms with Gasteiger partial charge in [0.1, 0.15) is 0 Å². The highest BCUT2D eigenvalue weighted by atomic mass is 16.4. The summed E-state index contributed by atoms with van der Waals surface area (Å²) in [7, 11) is 0. The van der Waals surface area contributed by atoms with Crippen LogP contribution in [-0.4, -0.2) is 11.1 Å². The van der Waals surface area contributed by atoms with Crippen LogP contribution in [0, 0.1) is 6.92 Å². The monoisotopic (exact) mass is 280 g/mol. The fourth-order valence-corrected chi connectivity index (χ4v) is 2.36. The first-order chi connectivity index (χ1) is 10.0. The number of allylic oxidation sites excluding steroid dienone is 1. The fraction of sp³-hybridized carbons (Fsp3) is 0.211. The van der Waals surface area contributed by atoms with Gasteiger partial charge >= 0.3 is 5.97 Å². The highest BCUT2D eigenvalue weighted by Crippen LogP contribution is 2.22. The van der Waals surface area contributed by atoms with Crippen LogP contribution in [0.1, 0.15) is 24.5 Å². The molecule has 0 aliphatic heterocycles. The zero-order chi connectivity index (χ0) is 15.2. The molecule has 0 aromatic heterocycles. The molecule has 2 aromatic carbocycles. The van der Waals surface area contributed by atoms with Crippen LogP contribution in [0.4, 0.5) is 0 Å². The van der Waals surface area contributed by atoms with E-state index in [0.717, 1.165) is 18.4 Å². The van der Waals surface area contributed by atoms with E-state index in [-0.39, 0.29) is 0 Å². The van der Waals surface area contributed by atoms with Crippen molar-refractivity contribution in [2.75, 3.05) is 0 Å². The van der Waals surface area contributed by atoms with E-state index >= 15 is 0 Å². The van der Waals surface area contributed by atoms with Gasteiger partial charge in [-0.2, -0.15) is 0 Å². The van der Waals surface area contributed by atoms with Crippen molar-refractivity contribution in [3.63, 3.8) is 0 Å². The highest BCUT2D eigenvalue weighted by Gasteiger charge is 2.01. The van der Waals surface area contributed by atoms with Crippen molar-refractivity contribution in [1.29, 1.82) is 0 Å². The van der Waals surface area contributed by atoms with Crippen LogP contribution < -0.4 is 0 Å². The SMILES string of the molecule is C/C(=C\C(=O)O)CCc1cccc(-c2cccc(C)c2)c1. The van der Waals surface area contributed by atoms with E-state index in [1.165, 1.54) is 28.3 Å². The Morgan fingerprint density at radius 1 is 1.10 bits per heavy atom. The van der Waals surface area contributed by atoms with Crippen molar-refractivity contribution in [1.82, 2.24) is 0 Å². The smallest absolute Gasteiger partial charge is 0.328 e. The molecule has 0 heterocycles. The van der Waals surface area contributed by atoms with Gasteiger partial charge in [0.2, 0.25) is 0 Å². The van der Waals surface area contributed by atoms with Gasteiger partial charge in [-0.3, -0.25) is 0 Å². The lowest BCUT2D eigenvalue weighted by Crippen LogP contribution is -1.92. The normalized spacial score (nSPS) is 11.4. The van der Waals surface area contributed by atoms with Gasteiger partial charge in [0, 0.05) is 6.08 Å². The van der Waals surface area contributed by atoms with E-state index in [9.17, 15) is 4.79 Å². The molecule has 0 saturated heterocycles. The summed E-state index contributed by atoms with van der Waals surface area (Å²) in [4.78, 5) is 10.6. The number of carboxylic acids is 1. The van der Waals surface area contributed by atoms with Crippen LogP contribution in [0.5, 0.6) is 0 Å². The van der Waals surface area contributed by atoms with Crippen LogP contribution >= 0.6 is 0 Å². The summed E-state index contributed by atoms with van der Waals surface area (Å²) in [5.41, 5.74) is 5.79. The molecular weight excluding hydrogens is 260 g/mol. The van der Waals surface area contributed by atoms with Crippen molar-refractivity contribution in [3.05, 3.63) is 71.3 Å². The summed E-state index contributed by atoms with van der Waals surface area (Å²) in [5.74, 6) is -0.874. The third-order valence-corrected chi connectivity index (χ3v) is 3.46. The minimum Gasteiger partial charge on any atom is -0.478 e. The van der Waals surface area contributed by atoms with Crippen LogP contribution in [-0.2, 0) is 11.2 Å². The van der Waals surface area contributed by atoms with E-state index in [0.29, 0.717) is 0 Å². The predicted molar refractivity (Wildman–Crippen MR) is 86.3 cm³/mol. The van der Waals surface area contributed by atoms with E-state index in [1.54, 1.807) is 0 Å². The molecule has 2 nitrogen and oxygen atoms in total. The Hall–Kier alpha value is -2.35. The molecule has 0 saturated carbocycles. The summed E-state index contributed by atoms with van der Waals surface area (Å²) in [5, 5.41) is 8.72. The van der Waals surface area contributed by atoms with Gasteiger partial charge in [-0.25, -0.2) is 4.79 Å². The molecule has 2 aromatic rings. The van der Waals surface area contributed by atoms with Gasteiger partial charge < -0.3 is 5.11 Å². The summed E-state index contributed by atoms with van der Waals surface area (Å²) in [6.45, 7) is 3.95. The first-order valence-corrected chi connectivity index (χ1v) is 7.10. The molecule has 0 unspecified atom stereocenters. The maximum absolute atomic E-state index is 10.6. The van der Waals surface area contributed by atoms with Crippen LogP contribution in [0.15, 0.2) is 60.2 Å². The summed E-state index contributed by atoms with van der Waals surface area (Å²) in [6, 6.07) is 16.9. The molecule has 0 aliphatic carbocycles. The third kappa shape index (κ3) is 4.60. The molecule has 0 aliphatic rings. The molecule has 0 fully saturated rings. The Bertz CT molecular complexity index is 669. The maximum atomic E-state index is 10.6. The summed E-state index contributed by atoms with van der Waals surface area (Å²) >= 11 is 0. The van der Waals surface area contributed by atoms with Crippen molar-refractivity contribution < 1.29 is 9.90 Å². The number of aryl methyl sites for hydroxylation is 2. The molecular formula is C19H20O2. The van der Waals surface area contributed by atoms with E-state index < -0.39 is 5.97 Å². The Kier molecular flexibility index (Phi) is 4.94. The fourth-order valence-electron chi connectivity index (χ4n) is 2.36. The standard InChI is InChI=1S/C19H20O2/c1-14-5-3-7-17(11-14)18-8-4-6-16(13-18)10-9-15(2)12-19(20)21/h3-8,11-13H,9-10H2,1-2H3,(H,20,21)/b15-12+. The molecule has 108 valence electrons. The van der Waals surface area contributed by atoms with Gasteiger partial charge in [0.05, 0.1) is 0 Å². The van der Waals surface area contributed by atoms with E-state index in [1.807, 2.05) is 6.92 Å². The Morgan fingerprint density at radius 3 is 2.43 bits per heavy atom. The van der Waals surface area contributed by atoms with E-state index in [2.05, 4.69) is 55.5 Å². The summed E-state index contributed by atoms with van der Waals surface area (Å²) < 4.78 is 0.